The number of imidazole rings is 1. The minimum atomic E-state index is 0.0734. The maximum absolute atomic E-state index is 6.14. The second kappa shape index (κ2) is 5.64. The summed E-state index contributed by atoms with van der Waals surface area (Å²) < 4.78 is 2.06. The summed E-state index contributed by atoms with van der Waals surface area (Å²) in [6, 6.07) is 9.39. The number of benzene rings is 1. The van der Waals surface area contributed by atoms with Crippen LogP contribution in [0, 0.1) is 0 Å². The highest BCUT2D eigenvalue weighted by molar-refractivity contribution is 6.42. The molecule has 0 saturated heterocycles. The lowest BCUT2D eigenvalue weighted by molar-refractivity contribution is 0.578. The van der Waals surface area contributed by atoms with Crippen molar-refractivity contribution in [2.45, 2.75) is 13.0 Å². The number of aromatic nitrogens is 3. The first-order valence-corrected chi connectivity index (χ1v) is 7.36. The van der Waals surface area contributed by atoms with Gasteiger partial charge in [0.05, 0.1) is 21.1 Å². The molecule has 2 N–H and O–H groups in total. The van der Waals surface area contributed by atoms with E-state index in [0.29, 0.717) is 16.6 Å². The van der Waals surface area contributed by atoms with Gasteiger partial charge in [-0.3, -0.25) is 4.98 Å². The highest BCUT2D eigenvalue weighted by atomic mass is 35.5. The van der Waals surface area contributed by atoms with E-state index in [0.717, 1.165) is 22.6 Å². The van der Waals surface area contributed by atoms with Gasteiger partial charge in [-0.15, -0.1) is 0 Å². The third kappa shape index (κ3) is 2.50. The summed E-state index contributed by atoms with van der Waals surface area (Å²) in [5.74, 6) is 0.766. The summed E-state index contributed by atoms with van der Waals surface area (Å²) in [5.41, 5.74) is 8.32. The zero-order chi connectivity index (χ0) is 15.0. The Bertz CT molecular complexity index is 783. The van der Waals surface area contributed by atoms with Crippen LogP contribution in [-0.4, -0.2) is 21.1 Å². The minimum Gasteiger partial charge on any atom is -0.328 e. The van der Waals surface area contributed by atoms with Gasteiger partial charge in [-0.25, -0.2) is 4.98 Å². The van der Waals surface area contributed by atoms with Gasteiger partial charge in [0.15, 0.2) is 5.82 Å². The number of hydrogen-bond acceptors (Lipinski definition) is 3. The number of fused-ring (bicyclic) bond motifs is 1. The molecule has 0 bridgehead atoms. The van der Waals surface area contributed by atoms with Gasteiger partial charge >= 0.3 is 0 Å². The summed E-state index contributed by atoms with van der Waals surface area (Å²) in [5, 5.41) is 0.990. The minimum absolute atomic E-state index is 0.0734. The topological polar surface area (TPSA) is 56.7 Å². The largest absolute Gasteiger partial charge is 0.328 e. The molecule has 0 aliphatic heterocycles. The van der Waals surface area contributed by atoms with Gasteiger partial charge in [0.1, 0.15) is 5.69 Å². The van der Waals surface area contributed by atoms with Crippen LogP contribution in [0.1, 0.15) is 13.0 Å². The monoisotopic (exact) mass is 320 g/mol. The molecule has 4 nitrogen and oxygen atoms in total. The highest BCUT2D eigenvalue weighted by Gasteiger charge is 2.18. The van der Waals surface area contributed by atoms with Crippen molar-refractivity contribution in [3.63, 3.8) is 0 Å². The predicted octanol–water partition coefficient (Wildman–Crippen LogP) is 3.92. The van der Waals surface area contributed by atoms with E-state index >= 15 is 0 Å². The molecule has 1 atom stereocenters. The Morgan fingerprint density at radius 2 is 2.00 bits per heavy atom. The second-order valence-corrected chi connectivity index (χ2v) is 5.67. The van der Waals surface area contributed by atoms with E-state index < -0.39 is 0 Å². The normalized spacial score (nSPS) is 12.8. The Hall–Kier alpha value is -1.62. The average molecular weight is 321 g/mol. The lowest BCUT2D eigenvalue weighted by Gasteiger charge is -2.15. The molecule has 0 saturated carbocycles. The van der Waals surface area contributed by atoms with Crippen molar-refractivity contribution in [3.8, 4) is 11.5 Å². The summed E-state index contributed by atoms with van der Waals surface area (Å²) in [6.45, 7) is 2.53. The smallest absolute Gasteiger partial charge is 0.160 e. The summed E-state index contributed by atoms with van der Waals surface area (Å²) in [7, 11) is 0. The van der Waals surface area contributed by atoms with E-state index in [1.54, 1.807) is 12.3 Å². The van der Waals surface area contributed by atoms with E-state index in [1.165, 1.54) is 0 Å². The Labute approximate surface area is 132 Å². The fourth-order valence-electron chi connectivity index (χ4n) is 2.32. The fourth-order valence-corrected chi connectivity index (χ4v) is 2.63. The molecule has 2 heterocycles. The highest BCUT2D eigenvalue weighted by Crippen LogP contribution is 2.32. The Morgan fingerprint density at radius 3 is 2.67 bits per heavy atom. The fraction of sp³-hybridized carbons (Fsp3) is 0.200. The van der Waals surface area contributed by atoms with Gasteiger partial charge in [0, 0.05) is 18.8 Å². The van der Waals surface area contributed by atoms with Gasteiger partial charge < -0.3 is 10.3 Å². The van der Waals surface area contributed by atoms with Crippen LogP contribution >= 0.6 is 23.2 Å². The number of hydrogen-bond donors (Lipinski definition) is 1. The Morgan fingerprint density at radius 1 is 1.24 bits per heavy atom. The number of nitrogens with two attached hydrogens (primary N) is 1. The molecular weight excluding hydrogens is 307 g/mol. The molecule has 1 unspecified atom stereocenters. The third-order valence-electron chi connectivity index (χ3n) is 3.41. The first kappa shape index (κ1) is 14.3. The van der Waals surface area contributed by atoms with E-state index in [1.807, 2.05) is 31.2 Å². The van der Waals surface area contributed by atoms with Crippen molar-refractivity contribution in [1.82, 2.24) is 14.5 Å². The maximum Gasteiger partial charge on any atom is 0.160 e. The summed E-state index contributed by atoms with van der Waals surface area (Å²) in [4.78, 5) is 9.03. The number of rotatable bonds is 3. The Kier molecular flexibility index (Phi) is 3.85. The van der Waals surface area contributed by atoms with Crippen LogP contribution in [0.15, 0.2) is 36.5 Å². The van der Waals surface area contributed by atoms with Gasteiger partial charge in [-0.1, -0.05) is 29.3 Å². The van der Waals surface area contributed by atoms with Gasteiger partial charge in [-0.05, 0) is 31.2 Å². The lowest BCUT2D eigenvalue weighted by atomic mass is 10.2. The molecule has 2 aromatic heterocycles. The third-order valence-corrected chi connectivity index (χ3v) is 4.13. The molecular formula is C15H14Cl2N4. The average Bonchev–Trinajstić information content (AvgIpc) is 2.86. The molecule has 0 radical (unpaired) electrons. The molecule has 3 aromatic rings. The van der Waals surface area contributed by atoms with Gasteiger partial charge in [0.25, 0.3) is 0 Å². The first-order valence-electron chi connectivity index (χ1n) is 6.60. The predicted molar refractivity (Wildman–Crippen MR) is 86.7 cm³/mol. The lowest BCUT2D eigenvalue weighted by Crippen LogP contribution is -2.17. The van der Waals surface area contributed by atoms with Crippen LogP contribution in [0.25, 0.3) is 22.6 Å². The van der Waals surface area contributed by atoms with Crippen molar-refractivity contribution >= 4 is 34.2 Å². The zero-order valence-electron chi connectivity index (χ0n) is 11.4. The van der Waals surface area contributed by atoms with Crippen LogP contribution in [0.3, 0.4) is 0 Å². The van der Waals surface area contributed by atoms with Crippen molar-refractivity contribution < 1.29 is 0 Å². The molecule has 0 fully saturated rings. The number of nitrogens with zero attached hydrogens (tertiary/aromatic N) is 3. The van der Waals surface area contributed by atoms with Crippen molar-refractivity contribution in [2.75, 3.05) is 6.54 Å². The van der Waals surface area contributed by atoms with E-state index in [2.05, 4.69) is 14.5 Å². The van der Waals surface area contributed by atoms with E-state index in [9.17, 15) is 0 Å². The quantitative estimate of drug-likeness (QED) is 0.795. The maximum atomic E-state index is 6.14. The molecule has 21 heavy (non-hydrogen) atoms. The van der Waals surface area contributed by atoms with E-state index in [4.69, 9.17) is 28.9 Å². The molecule has 6 heteroatoms. The second-order valence-electron chi connectivity index (χ2n) is 4.86. The molecule has 0 amide bonds. The van der Waals surface area contributed by atoms with Gasteiger partial charge in [-0.2, -0.15) is 0 Å². The SMILES string of the molecule is CC(CN)n1c(-c2ccccn2)nc2cc(Cl)c(Cl)cc21. The standard InChI is InChI=1S/C15H14Cl2N4/c1-9(8-18)21-14-7-11(17)10(16)6-13(14)20-15(21)12-4-2-3-5-19-12/h2-7,9H,8,18H2,1H3. The molecule has 108 valence electrons. The number of pyridine rings is 1. The molecule has 0 aliphatic carbocycles. The van der Waals surface area contributed by atoms with E-state index in [-0.39, 0.29) is 6.04 Å². The van der Waals surface area contributed by atoms with Gasteiger partial charge in [0.2, 0.25) is 0 Å². The molecule has 1 aromatic carbocycles. The molecule has 0 aliphatic rings. The Balaban J connectivity index is 2.33. The summed E-state index contributed by atoms with van der Waals surface area (Å²) in [6.07, 6.45) is 1.74. The zero-order valence-corrected chi connectivity index (χ0v) is 12.9. The van der Waals surface area contributed by atoms with Crippen LogP contribution in [0.4, 0.5) is 0 Å². The van der Waals surface area contributed by atoms with Crippen molar-refractivity contribution in [2.24, 2.45) is 5.73 Å². The van der Waals surface area contributed by atoms with Crippen LogP contribution in [0.2, 0.25) is 10.0 Å². The molecule has 0 spiro atoms. The van der Waals surface area contributed by atoms with Crippen molar-refractivity contribution in [3.05, 3.63) is 46.6 Å². The van der Waals surface area contributed by atoms with Crippen LogP contribution < -0.4 is 5.73 Å². The van der Waals surface area contributed by atoms with Crippen LogP contribution in [-0.2, 0) is 0 Å². The van der Waals surface area contributed by atoms with Crippen LogP contribution in [0.5, 0.6) is 0 Å². The molecule has 3 rings (SSSR count). The summed E-state index contributed by atoms with van der Waals surface area (Å²) >= 11 is 12.2. The number of halogens is 2. The first-order chi connectivity index (χ1) is 10.1. The van der Waals surface area contributed by atoms with Crippen molar-refractivity contribution in [1.29, 1.82) is 0 Å².